The number of benzene rings is 1. The molecule has 0 heterocycles. The number of carbonyl (C=O) groups is 1. The van der Waals surface area contributed by atoms with Crippen LogP contribution in [0.4, 0.5) is 0 Å². The first-order valence-electron chi connectivity index (χ1n) is 6.51. The van der Waals surface area contributed by atoms with Crippen molar-refractivity contribution in [3.8, 4) is 11.8 Å². The molecule has 21 heavy (non-hydrogen) atoms. The molecule has 0 spiro atoms. The molecular weight excluding hydrogens is 292 g/mol. The molecule has 1 rings (SSSR count). The van der Waals surface area contributed by atoms with Crippen molar-refractivity contribution in [2.45, 2.75) is 18.3 Å². The predicted octanol–water partition coefficient (Wildman–Crippen LogP) is 2.19. The van der Waals surface area contributed by atoms with Crippen LogP contribution in [0, 0.1) is 11.3 Å². The van der Waals surface area contributed by atoms with Gasteiger partial charge in [-0.2, -0.15) is 5.26 Å². The third-order valence-electron chi connectivity index (χ3n) is 2.86. The van der Waals surface area contributed by atoms with Crippen molar-refractivity contribution in [2.24, 2.45) is 0 Å². The van der Waals surface area contributed by atoms with Gasteiger partial charge in [0.1, 0.15) is 12.4 Å². The second-order valence-electron chi connectivity index (χ2n) is 4.52. The maximum Gasteiger partial charge on any atom is 0.248 e. The number of amides is 1. The third kappa shape index (κ3) is 6.03. The predicted molar refractivity (Wildman–Crippen MR) is 80.2 cm³/mol. The van der Waals surface area contributed by atoms with Gasteiger partial charge in [-0.25, -0.2) is 0 Å². The fourth-order valence-corrected chi connectivity index (χ4v) is 2.10. The average Bonchev–Trinajstić information content (AvgIpc) is 2.47. The first-order valence-corrected chi connectivity index (χ1v) is 6.95. The molecule has 0 aliphatic carbocycles. The minimum absolute atomic E-state index is 0.0138. The van der Waals surface area contributed by atoms with Crippen molar-refractivity contribution in [1.29, 1.82) is 5.26 Å². The van der Waals surface area contributed by atoms with Crippen LogP contribution in [-0.4, -0.2) is 43.6 Å². The lowest BCUT2D eigenvalue weighted by molar-refractivity contribution is -0.135. The molecule has 1 aromatic rings. The van der Waals surface area contributed by atoms with Gasteiger partial charge in [0.05, 0.1) is 25.0 Å². The summed E-state index contributed by atoms with van der Waals surface area (Å²) in [7, 11) is 3.06. The highest BCUT2D eigenvalue weighted by Crippen LogP contribution is 2.16. The normalized spacial score (nSPS) is 11.5. The summed E-state index contributed by atoms with van der Waals surface area (Å²) in [6.45, 7) is 0.683. The van der Waals surface area contributed by atoms with Crippen molar-refractivity contribution >= 4 is 17.5 Å². The van der Waals surface area contributed by atoms with Gasteiger partial charge in [0.25, 0.3) is 0 Å². The molecule has 1 amide bonds. The number of alkyl halides is 1. The molecule has 1 aromatic carbocycles. The highest BCUT2D eigenvalue weighted by atomic mass is 35.5. The van der Waals surface area contributed by atoms with Crippen molar-refractivity contribution in [2.75, 3.05) is 27.4 Å². The molecule has 0 radical (unpaired) electrons. The van der Waals surface area contributed by atoms with Crippen LogP contribution in [0.15, 0.2) is 24.3 Å². The standard InChI is InChI=1S/C15H19ClN2O3/c1-20-11-15(19)18(10-13(16)6-7-17)9-12-4-3-5-14(8-12)21-2/h3-5,8,13H,6,9-11H2,1-2H3. The van der Waals surface area contributed by atoms with Gasteiger partial charge < -0.3 is 14.4 Å². The molecule has 0 saturated heterocycles. The second kappa shape index (κ2) is 9.22. The van der Waals surface area contributed by atoms with E-state index < -0.39 is 5.38 Å². The van der Waals surface area contributed by atoms with E-state index in [4.69, 9.17) is 26.3 Å². The van der Waals surface area contributed by atoms with Gasteiger partial charge in [-0.3, -0.25) is 4.79 Å². The van der Waals surface area contributed by atoms with E-state index in [9.17, 15) is 4.79 Å². The molecule has 0 aliphatic rings. The van der Waals surface area contributed by atoms with Crippen molar-refractivity contribution in [3.05, 3.63) is 29.8 Å². The number of hydrogen-bond acceptors (Lipinski definition) is 4. The number of ether oxygens (including phenoxy) is 2. The molecule has 1 unspecified atom stereocenters. The summed E-state index contributed by atoms with van der Waals surface area (Å²) in [6.07, 6.45) is 0.191. The van der Waals surface area contributed by atoms with Crippen molar-refractivity contribution in [3.63, 3.8) is 0 Å². The van der Waals surface area contributed by atoms with Crippen LogP contribution in [-0.2, 0) is 16.1 Å². The molecule has 5 nitrogen and oxygen atoms in total. The Morgan fingerprint density at radius 1 is 1.48 bits per heavy atom. The van der Waals surface area contributed by atoms with Crippen LogP contribution >= 0.6 is 11.6 Å². The van der Waals surface area contributed by atoms with Crippen LogP contribution < -0.4 is 4.74 Å². The second-order valence-corrected chi connectivity index (χ2v) is 5.14. The smallest absolute Gasteiger partial charge is 0.248 e. The van der Waals surface area contributed by atoms with Gasteiger partial charge in [-0.05, 0) is 17.7 Å². The van der Waals surface area contributed by atoms with Crippen molar-refractivity contribution < 1.29 is 14.3 Å². The van der Waals surface area contributed by atoms with E-state index in [0.29, 0.717) is 13.1 Å². The molecule has 0 saturated carbocycles. The van der Waals surface area contributed by atoms with Crippen molar-refractivity contribution in [1.82, 2.24) is 4.90 Å². The van der Waals surface area contributed by atoms with Crippen LogP contribution in [0.1, 0.15) is 12.0 Å². The first-order chi connectivity index (χ1) is 10.1. The minimum atomic E-state index is -0.401. The fourth-order valence-electron chi connectivity index (χ4n) is 1.86. The number of carbonyl (C=O) groups excluding carboxylic acids is 1. The monoisotopic (exact) mass is 310 g/mol. The molecule has 0 aromatic heterocycles. The number of methoxy groups -OCH3 is 2. The van der Waals surface area contributed by atoms with E-state index >= 15 is 0 Å². The zero-order valence-corrected chi connectivity index (χ0v) is 13.0. The summed E-state index contributed by atoms with van der Waals surface area (Å²) in [4.78, 5) is 13.7. The Labute approximate surface area is 130 Å². The SMILES string of the molecule is COCC(=O)N(Cc1cccc(OC)c1)CC(Cl)CC#N. The Kier molecular flexibility index (Phi) is 7.59. The van der Waals surface area contributed by atoms with Gasteiger partial charge in [0, 0.05) is 20.2 Å². The maximum absolute atomic E-state index is 12.1. The van der Waals surface area contributed by atoms with Gasteiger partial charge in [-0.15, -0.1) is 11.6 Å². The maximum atomic E-state index is 12.1. The van der Waals surface area contributed by atoms with Gasteiger partial charge in [0.2, 0.25) is 5.91 Å². The summed E-state index contributed by atoms with van der Waals surface area (Å²) >= 11 is 6.06. The van der Waals surface area contributed by atoms with Gasteiger partial charge in [-0.1, -0.05) is 12.1 Å². The Hall–Kier alpha value is -1.77. The molecule has 0 fully saturated rings. The first kappa shape index (κ1) is 17.3. The number of nitrogens with zero attached hydrogens (tertiary/aromatic N) is 2. The van der Waals surface area contributed by atoms with Crippen LogP contribution in [0.2, 0.25) is 0 Å². The molecule has 114 valence electrons. The lowest BCUT2D eigenvalue weighted by atomic mass is 10.2. The van der Waals surface area contributed by atoms with Crippen LogP contribution in [0.25, 0.3) is 0 Å². The lowest BCUT2D eigenvalue weighted by Gasteiger charge is -2.24. The number of rotatable bonds is 8. The van der Waals surface area contributed by atoms with Crippen LogP contribution in [0.3, 0.4) is 0 Å². The quantitative estimate of drug-likeness (QED) is 0.691. The summed E-state index contributed by atoms with van der Waals surface area (Å²) in [5.74, 6) is 0.565. The Morgan fingerprint density at radius 2 is 2.24 bits per heavy atom. The summed E-state index contributed by atoms with van der Waals surface area (Å²) in [6, 6.07) is 9.47. The van der Waals surface area contributed by atoms with E-state index in [0.717, 1.165) is 11.3 Å². The summed E-state index contributed by atoms with van der Waals surface area (Å²) in [5.41, 5.74) is 0.930. The molecule has 1 atom stereocenters. The Morgan fingerprint density at radius 3 is 2.86 bits per heavy atom. The highest BCUT2D eigenvalue weighted by molar-refractivity contribution is 6.21. The zero-order chi connectivity index (χ0) is 15.7. The van der Waals surface area contributed by atoms with Gasteiger partial charge >= 0.3 is 0 Å². The zero-order valence-electron chi connectivity index (χ0n) is 12.2. The van der Waals surface area contributed by atoms with Crippen LogP contribution in [0.5, 0.6) is 5.75 Å². The highest BCUT2D eigenvalue weighted by Gasteiger charge is 2.18. The fraction of sp³-hybridized carbons (Fsp3) is 0.467. The van der Waals surface area contributed by atoms with E-state index in [1.807, 2.05) is 30.3 Å². The largest absolute Gasteiger partial charge is 0.497 e. The third-order valence-corrected chi connectivity index (χ3v) is 3.15. The van der Waals surface area contributed by atoms with Gasteiger partial charge in [0.15, 0.2) is 0 Å². The minimum Gasteiger partial charge on any atom is -0.497 e. The molecule has 0 bridgehead atoms. The summed E-state index contributed by atoms with van der Waals surface area (Å²) in [5, 5.41) is 8.27. The van der Waals surface area contributed by atoms with E-state index in [1.54, 1.807) is 12.0 Å². The van der Waals surface area contributed by atoms with E-state index in [-0.39, 0.29) is 18.9 Å². The van der Waals surface area contributed by atoms with E-state index in [1.165, 1.54) is 7.11 Å². The number of hydrogen-bond donors (Lipinski definition) is 0. The molecule has 0 N–H and O–H groups in total. The topological polar surface area (TPSA) is 62.6 Å². The molecule has 0 aliphatic heterocycles. The molecular formula is C15H19ClN2O3. The number of nitriles is 1. The summed E-state index contributed by atoms with van der Waals surface area (Å²) < 4.78 is 10.1. The Balaban J connectivity index is 2.80. The van der Waals surface area contributed by atoms with E-state index in [2.05, 4.69) is 0 Å². The Bertz CT molecular complexity index is 502. The molecule has 6 heteroatoms. The lowest BCUT2D eigenvalue weighted by Crippen LogP contribution is -2.37. The number of halogens is 1. The average molecular weight is 311 g/mol.